The van der Waals surface area contributed by atoms with E-state index in [2.05, 4.69) is 19.9 Å². The number of hydrogen-bond donors (Lipinski definition) is 0. The summed E-state index contributed by atoms with van der Waals surface area (Å²) in [5.74, 6) is -1.59. The maximum absolute atomic E-state index is 14.9. The summed E-state index contributed by atoms with van der Waals surface area (Å²) in [6.45, 7) is 6.33. The molecule has 0 bridgehead atoms. The zero-order chi connectivity index (χ0) is 38.2. The fourth-order valence-electron chi connectivity index (χ4n) is 6.85. The minimum absolute atomic E-state index is 0.00449. The molecular weight excluding hydrogens is 729 g/mol. The van der Waals surface area contributed by atoms with Crippen LogP contribution in [0.5, 0.6) is 5.75 Å². The molecule has 3 aliphatic heterocycles. The first-order chi connectivity index (χ1) is 25.8. The van der Waals surface area contributed by atoms with Gasteiger partial charge in [-0.05, 0) is 68.4 Å². The molecule has 3 saturated heterocycles. The number of aromatic nitrogens is 3. The van der Waals surface area contributed by atoms with E-state index < -0.39 is 57.9 Å². The monoisotopic (exact) mass is 767 g/mol. The van der Waals surface area contributed by atoms with Gasteiger partial charge in [0.05, 0.1) is 19.4 Å². The minimum Gasteiger partial charge on any atom is -0.488 e. The summed E-state index contributed by atoms with van der Waals surface area (Å²) in [5.41, 5.74) is 1.13. The Morgan fingerprint density at radius 1 is 0.926 bits per heavy atom. The average molecular weight is 768 g/mol. The van der Waals surface area contributed by atoms with Gasteiger partial charge in [-0.2, -0.15) is 13.5 Å². The Balaban J connectivity index is 0.935. The van der Waals surface area contributed by atoms with E-state index in [-0.39, 0.29) is 25.3 Å². The quantitative estimate of drug-likeness (QED) is 0.153. The van der Waals surface area contributed by atoms with Crippen molar-refractivity contribution in [1.29, 1.82) is 0 Å². The molecule has 3 aliphatic rings. The topological polar surface area (TPSA) is 149 Å². The Kier molecular flexibility index (Phi) is 10.3. The van der Waals surface area contributed by atoms with Gasteiger partial charge in [-0.1, -0.05) is 6.07 Å². The van der Waals surface area contributed by atoms with E-state index in [1.165, 1.54) is 29.5 Å². The van der Waals surface area contributed by atoms with Crippen molar-refractivity contribution in [2.75, 3.05) is 60.3 Å². The fourth-order valence-corrected chi connectivity index (χ4v) is 7.35. The second-order valence-corrected chi connectivity index (χ2v) is 15.1. The van der Waals surface area contributed by atoms with Gasteiger partial charge in [0.1, 0.15) is 42.2 Å². The van der Waals surface area contributed by atoms with E-state index >= 15 is 0 Å². The van der Waals surface area contributed by atoms with Crippen LogP contribution in [0, 0.1) is 11.6 Å². The molecule has 3 aromatic carbocycles. The van der Waals surface area contributed by atoms with Crippen LogP contribution < -0.4 is 19.4 Å². The van der Waals surface area contributed by atoms with Gasteiger partial charge in [0, 0.05) is 60.9 Å². The van der Waals surface area contributed by atoms with Gasteiger partial charge in [-0.25, -0.2) is 27.4 Å². The van der Waals surface area contributed by atoms with Crippen molar-refractivity contribution < 1.29 is 45.2 Å². The molecule has 18 heteroatoms. The third kappa shape index (κ3) is 7.73. The Morgan fingerprint density at radius 2 is 1.56 bits per heavy atom. The van der Waals surface area contributed by atoms with Crippen LogP contribution in [-0.2, 0) is 40.7 Å². The summed E-state index contributed by atoms with van der Waals surface area (Å²) >= 11 is 0. The van der Waals surface area contributed by atoms with Crippen LogP contribution in [0.15, 0.2) is 79.4 Å². The number of carbonyl (C=O) groups excluding carboxylic acids is 2. The molecule has 3 fully saturated rings. The van der Waals surface area contributed by atoms with Gasteiger partial charge in [-0.3, -0.25) is 14.6 Å². The van der Waals surface area contributed by atoms with Crippen LogP contribution in [0.25, 0.3) is 0 Å². The first-order valence-electron chi connectivity index (χ1n) is 17.2. The summed E-state index contributed by atoms with van der Waals surface area (Å²) in [4.78, 5) is 36.5. The summed E-state index contributed by atoms with van der Waals surface area (Å²) < 4.78 is 77.1. The second-order valence-electron chi connectivity index (χ2n) is 13.5. The van der Waals surface area contributed by atoms with Crippen LogP contribution in [-0.4, -0.2) is 104 Å². The van der Waals surface area contributed by atoms with Gasteiger partial charge in [0.15, 0.2) is 6.29 Å². The number of carbonyl (C=O) groups is 2. The Morgan fingerprint density at radius 3 is 2.13 bits per heavy atom. The average Bonchev–Trinajstić information content (AvgIpc) is 3.86. The minimum atomic E-state index is -4.03. The molecule has 7 rings (SSSR count). The number of amides is 3. The van der Waals surface area contributed by atoms with E-state index in [0.29, 0.717) is 24.5 Å². The van der Waals surface area contributed by atoms with E-state index in [9.17, 15) is 26.8 Å². The molecule has 286 valence electrons. The number of anilines is 3. The Labute approximate surface area is 310 Å². The molecule has 0 aliphatic carbocycles. The smallest absolute Gasteiger partial charge is 0.334 e. The first-order valence-corrected chi connectivity index (χ1v) is 19.1. The SMILES string of the molecule is CC(C)N1C(=O)C(OS(C)(=O)=O)N(c2ccc(N3CCN(c4ccc(OC[C@H]5OC[C@](Cn6cncn6)(c6ccc(F)cc6F)O5)cc4)CC3)cc2)C1=O. The van der Waals surface area contributed by atoms with Crippen LogP contribution >= 0.6 is 0 Å². The third-order valence-electron chi connectivity index (χ3n) is 9.40. The number of hydrogen-bond acceptors (Lipinski definition) is 12. The molecule has 0 spiro atoms. The number of piperazine rings is 1. The van der Waals surface area contributed by atoms with Gasteiger partial charge < -0.3 is 24.0 Å². The number of nitrogens with zero attached hydrogens (tertiary/aromatic N) is 7. The van der Waals surface area contributed by atoms with Crippen LogP contribution in [0.4, 0.5) is 30.6 Å². The molecule has 54 heavy (non-hydrogen) atoms. The van der Waals surface area contributed by atoms with Crippen molar-refractivity contribution >= 4 is 39.1 Å². The van der Waals surface area contributed by atoms with Crippen LogP contribution in [0.3, 0.4) is 0 Å². The number of ether oxygens (including phenoxy) is 3. The summed E-state index contributed by atoms with van der Waals surface area (Å²) in [6, 6.07) is 16.8. The maximum atomic E-state index is 14.9. The number of urea groups is 1. The zero-order valence-electron chi connectivity index (χ0n) is 29.7. The van der Waals surface area contributed by atoms with Crippen molar-refractivity contribution in [2.24, 2.45) is 0 Å². The molecule has 1 aromatic heterocycles. The normalized spacial score (nSPS) is 22.2. The number of halogens is 2. The van der Waals surface area contributed by atoms with Crippen LogP contribution in [0.2, 0.25) is 0 Å². The lowest BCUT2D eigenvalue weighted by molar-refractivity contribution is -0.133. The Bertz CT molecular complexity index is 2080. The molecular formula is C36H39F2N7O8S. The first kappa shape index (κ1) is 37.2. The van der Waals surface area contributed by atoms with Crippen molar-refractivity contribution in [2.45, 2.75) is 44.6 Å². The lowest BCUT2D eigenvalue weighted by Crippen LogP contribution is -2.46. The van der Waals surface area contributed by atoms with Gasteiger partial charge >= 0.3 is 6.03 Å². The van der Waals surface area contributed by atoms with Crippen molar-refractivity contribution in [3.63, 3.8) is 0 Å². The van der Waals surface area contributed by atoms with Crippen LogP contribution in [0.1, 0.15) is 19.4 Å². The predicted octanol–water partition coefficient (Wildman–Crippen LogP) is 3.71. The van der Waals surface area contributed by atoms with Crippen molar-refractivity contribution in [3.05, 3.63) is 96.6 Å². The Hall–Kier alpha value is -5.17. The van der Waals surface area contributed by atoms with E-state index in [1.54, 1.807) is 26.0 Å². The van der Waals surface area contributed by atoms with Gasteiger partial charge in [0.2, 0.25) is 6.23 Å². The zero-order valence-corrected chi connectivity index (χ0v) is 30.6. The lowest BCUT2D eigenvalue weighted by Gasteiger charge is -2.37. The summed E-state index contributed by atoms with van der Waals surface area (Å²) in [7, 11) is -4.03. The van der Waals surface area contributed by atoms with E-state index in [0.717, 1.165) is 46.6 Å². The molecule has 3 atom stereocenters. The third-order valence-corrected chi connectivity index (χ3v) is 9.94. The highest BCUT2D eigenvalue weighted by atomic mass is 32.2. The number of imide groups is 1. The highest BCUT2D eigenvalue weighted by molar-refractivity contribution is 7.86. The maximum Gasteiger partial charge on any atom is 0.334 e. The fraction of sp³-hybridized carbons (Fsp3) is 0.389. The lowest BCUT2D eigenvalue weighted by atomic mass is 9.94. The van der Waals surface area contributed by atoms with E-state index in [1.807, 2.05) is 36.4 Å². The molecule has 0 saturated carbocycles. The molecule has 15 nitrogen and oxygen atoms in total. The molecule has 4 aromatic rings. The number of rotatable bonds is 12. The molecule has 0 N–H and O–H groups in total. The standard InChI is InChI=1S/C36H39F2N7O8S/c1-24(2)44-33(46)34(53-54(3,48)49)45(35(44)47)28-7-5-26(6-8-28)41-14-16-42(17-15-41)27-9-11-29(12-10-27)50-19-32-51-21-36(52-32,20-43-23-39-22-40-43)30-13-4-25(37)18-31(30)38/h4-13,18,22-24,32,34H,14-17,19-21H2,1-3H3/t32-,34?,36+/m0/s1. The molecule has 0 radical (unpaired) electrons. The highest BCUT2D eigenvalue weighted by Crippen LogP contribution is 2.38. The predicted molar refractivity (Wildman–Crippen MR) is 191 cm³/mol. The largest absolute Gasteiger partial charge is 0.488 e. The molecule has 4 heterocycles. The van der Waals surface area contributed by atoms with Crippen molar-refractivity contribution in [3.8, 4) is 5.75 Å². The van der Waals surface area contributed by atoms with E-state index in [4.69, 9.17) is 18.4 Å². The van der Waals surface area contributed by atoms with Gasteiger partial charge in [0.25, 0.3) is 16.0 Å². The molecule has 3 amide bonds. The van der Waals surface area contributed by atoms with Gasteiger partial charge in [-0.15, -0.1) is 0 Å². The summed E-state index contributed by atoms with van der Waals surface area (Å²) in [6.07, 6.45) is 1.24. The molecule has 1 unspecified atom stereocenters. The number of benzene rings is 3. The summed E-state index contributed by atoms with van der Waals surface area (Å²) in [5, 5.41) is 4.11. The highest BCUT2D eigenvalue weighted by Gasteiger charge is 2.50. The van der Waals surface area contributed by atoms with Crippen molar-refractivity contribution in [1.82, 2.24) is 19.7 Å². The second kappa shape index (κ2) is 14.9.